The first-order valence-corrected chi connectivity index (χ1v) is 9.46. The summed E-state index contributed by atoms with van der Waals surface area (Å²) in [7, 11) is -0.657. The zero-order chi connectivity index (χ0) is 14.8. The van der Waals surface area contributed by atoms with E-state index in [0.717, 1.165) is 6.42 Å². The third-order valence-electron chi connectivity index (χ3n) is 3.71. The van der Waals surface area contributed by atoms with Gasteiger partial charge in [-0.3, -0.25) is 0 Å². The van der Waals surface area contributed by atoms with Gasteiger partial charge in [0.25, 0.3) is 0 Å². The van der Waals surface area contributed by atoms with Crippen molar-refractivity contribution >= 4 is 19.2 Å². The molecule has 0 atom stereocenters. The fourth-order valence-corrected chi connectivity index (χ4v) is 5.30. The highest BCUT2D eigenvalue weighted by atomic mass is 28.3. The van der Waals surface area contributed by atoms with Gasteiger partial charge in [0.2, 0.25) is 0 Å². The SMILES string of the molecule is N#CCCCCCC[Si](c1ccccc1)c1ccccc1. The topological polar surface area (TPSA) is 23.8 Å². The minimum atomic E-state index is -0.657. The highest BCUT2D eigenvalue weighted by molar-refractivity contribution is 6.85. The maximum absolute atomic E-state index is 8.56. The van der Waals surface area contributed by atoms with Crippen molar-refractivity contribution in [2.45, 2.75) is 38.1 Å². The van der Waals surface area contributed by atoms with E-state index in [1.807, 2.05) is 0 Å². The molecule has 107 valence electrons. The van der Waals surface area contributed by atoms with Crippen LogP contribution in [0.5, 0.6) is 0 Å². The third-order valence-corrected chi connectivity index (χ3v) is 6.62. The molecule has 0 saturated carbocycles. The third kappa shape index (κ3) is 5.21. The first kappa shape index (κ1) is 15.5. The number of rotatable bonds is 8. The van der Waals surface area contributed by atoms with Gasteiger partial charge < -0.3 is 0 Å². The van der Waals surface area contributed by atoms with Crippen LogP contribution in [0.25, 0.3) is 0 Å². The Labute approximate surface area is 129 Å². The largest absolute Gasteiger partial charge is 0.198 e. The second-order valence-corrected chi connectivity index (χ2v) is 7.89. The van der Waals surface area contributed by atoms with Gasteiger partial charge in [-0.15, -0.1) is 0 Å². The molecule has 0 N–H and O–H groups in total. The summed E-state index contributed by atoms with van der Waals surface area (Å²) in [6.45, 7) is 0. The first-order valence-electron chi connectivity index (χ1n) is 7.75. The molecule has 2 rings (SSSR count). The van der Waals surface area contributed by atoms with Crippen LogP contribution in [-0.2, 0) is 0 Å². The molecule has 1 radical (unpaired) electrons. The predicted molar refractivity (Wildman–Crippen MR) is 91.4 cm³/mol. The molecule has 0 spiro atoms. The molecule has 0 aliphatic carbocycles. The minimum absolute atomic E-state index is 0.657. The molecule has 0 aromatic heterocycles. The second kappa shape index (κ2) is 9.15. The van der Waals surface area contributed by atoms with E-state index in [2.05, 4.69) is 66.7 Å². The van der Waals surface area contributed by atoms with Crippen molar-refractivity contribution in [3.05, 3.63) is 60.7 Å². The van der Waals surface area contributed by atoms with Crippen LogP contribution >= 0.6 is 0 Å². The van der Waals surface area contributed by atoms with Crippen molar-refractivity contribution in [2.75, 3.05) is 0 Å². The molecule has 0 amide bonds. The Morgan fingerprint density at radius 1 is 0.714 bits per heavy atom. The predicted octanol–water partition coefficient (Wildman–Crippen LogP) is 3.77. The van der Waals surface area contributed by atoms with E-state index in [-0.39, 0.29) is 0 Å². The van der Waals surface area contributed by atoms with Crippen LogP contribution in [0.1, 0.15) is 32.1 Å². The first-order chi connectivity index (χ1) is 10.4. The number of nitriles is 1. The molecule has 2 aromatic carbocycles. The van der Waals surface area contributed by atoms with Gasteiger partial charge in [-0.25, -0.2) is 0 Å². The molecule has 21 heavy (non-hydrogen) atoms. The van der Waals surface area contributed by atoms with Gasteiger partial charge in [0.1, 0.15) is 8.80 Å². The lowest BCUT2D eigenvalue weighted by molar-refractivity contribution is 0.676. The molecule has 0 unspecified atom stereocenters. The Balaban J connectivity index is 1.96. The maximum Gasteiger partial charge on any atom is 0.121 e. The molecular weight excluding hydrogens is 270 g/mol. The number of unbranched alkanes of at least 4 members (excludes halogenated alkanes) is 4. The maximum atomic E-state index is 8.56. The van der Waals surface area contributed by atoms with Gasteiger partial charge in [0.15, 0.2) is 0 Å². The van der Waals surface area contributed by atoms with E-state index in [9.17, 15) is 0 Å². The van der Waals surface area contributed by atoms with Crippen LogP contribution in [-0.4, -0.2) is 8.80 Å². The molecule has 0 saturated heterocycles. The molecule has 2 heteroatoms. The van der Waals surface area contributed by atoms with E-state index in [1.54, 1.807) is 0 Å². The van der Waals surface area contributed by atoms with E-state index < -0.39 is 8.80 Å². The van der Waals surface area contributed by atoms with Crippen molar-refractivity contribution in [3.8, 4) is 6.07 Å². The normalized spacial score (nSPS) is 10.5. The number of nitrogens with zero attached hydrogens (tertiary/aromatic N) is 1. The molecule has 1 nitrogen and oxygen atoms in total. The minimum Gasteiger partial charge on any atom is -0.198 e. The Morgan fingerprint density at radius 2 is 1.24 bits per heavy atom. The highest BCUT2D eigenvalue weighted by Crippen LogP contribution is 2.08. The quantitative estimate of drug-likeness (QED) is 0.537. The average molecular weight is 292 g/mol. The molecule has 0 aliphatic rings. The second-order valence-electron chi connectivity index (χ2n) is 5.28. The van der Waals surface area contributed by atoms with E-state index in [0.29, 0.717) is 6.42 Å². The van der Waals surface area contributed by atoms with Crippen LogP contribution in [0.4, 0.5) is 0 Å². The van der Waals surface area contributed by atoms with Crippen molar-refractivity contribution in [3.63, 3.8) is 0 Å². The van der Waals surface area contributed by atoms with Crippen molar-refractivity contribution in [1.82, 2.24) is 0 Å². The van der Waals surface area contributed by atoms with Gasteiger partial charge in [-0.05, 0) is 6.42 Å². The van der Waals surface area contributed by atoms with Crippen molar-refractivity contribution in [1.29, 1.82) is 5.26 Å². The van der Waals surface area contributed by atoms with Gasteiger partial charge in [0.05, 0.1) is 6.07 Å². The summed E-state index contributed by atoms with van der Waals surface area (Å²) in [6, 6.07) is 25.4. The fourth-order valence-electron chi connectivity index (χ4n) is 2.59. The number of hydrogen-bond acceptors (Lipinski definition) is 1. The van der Waals surface area contributed by atoms with Crippen LogP contribution < -0.4 is 10.4 Å². The van der Waals surface area contributed by atoms with Gasteiger partial charge in [-0.1, -0.05) is 96.3 Å². The van der Waals surface area contributed by atoms with Gasteiger partial charge >= 0.3 is 0 Å². The molecule has 2 aromatic rings. The molecule has 0 heterocycles. The number of hydrogen-bond donors (Lipinski definition) is 0. The zero-order valence-corrected chi connectivity index (χ0v) is 13.5. The van der Waals surface area contributed by atoms with Crippen molar-refractivity contribution < 1.29 is 0 Å². The van der Waals surface area contributed by atoms with Gasteiger partial charge in [-0.2, -0.15) is 5.26 Å². The lowest BCUT2D eigenvalue weighted by atomic mass is 10.2. The van der Waals surface area contributed by atoms with Crippen LogP contribution in [0.2, 0.25) is 6.04 Å². The zero-order valence-electron chi connectivity index (χ0n) is 12.5. The molecule has 0 fully saturated rings. The van der Waals surface area contributed by atoms with Crippen molar-refractivity contribution in [2.24, 2.45) is 0 Å². The van der Waals surface area contributed by atoms with Crippen LogP contribution in [0.3, 0.4) is 0 Å². The summed E-state index contributed by atoms with van der Waals surface area (Å²) in [6.07, 6.45) is 5.45. The summed E-state index contributed by atoms with van der Waals surface area (Å²) >= 11 is 0. The summed E-state index contributed by atoms with van der Waals surface area (Å²) in [5, 5.41) is 11.6. The van der Waals surface area contributed by atoms with E-state index in [1.165, 1.54) is 35.7 Å². The Morgan fingerprint density at radius 3 is 1.76 bits per heavy atom. The number of benzene rings is 2. The van der Waals surface area contributed by atoms with Crippen LogP contribution in [0.15, 0.2) is 60.7 Å². The Bertz CT molecular complexity index is 505. The highest BCUT2D eigenvalue weighted by Gasteiger charge is 2.15. The average Bonchev–Trinajstić information content (AvgIpc) is 2.56. The molecule has 0 aliphatic heterocycles. The Kier molecular flexibility index (Phi) is 6.77. The lowest BCUT2D eigenvalue weighted by Gasteiger charge is -2.15. The molecular formula is C19H22NSi. The summed E-state index contributed by atoms with van der Waals surface area (Å²) < 4.78 is 0. The lowest BCUT2D eigenvalue weighted by Crippen LogP contribution is -2.41. The monoisotopic (exact) mass is 292 g/mol. The fraction of sp³-hybridized carbons (Fsp3) is 0.316. The summed E-state index contributed by atoms with van der Waals surface area (Å²) in [4.78, 5) is 0. The van der Waals surface area contributed by atoms with Crippen LogP contribution in [0, 0.1) is 11.3 Å². The smallest absolute Gasteiger partial charge is 0.121 e. The Hall–Kier alpha value is -1.85. The summed E-state index contributed by atoms with van der Waals surface area (Å²) in [5.41, 5.74) is 0. The van der Waals surface area contributed by atoms with E-state index in [4.69, 9.17) is 5.26 Å². The molecule has 0 bridgehead atoms. The van der Waals surface area contributed by atoms with E-state index >= 15 is 0 Å². The standard InChI is InChI=1S/C19H22NSi/c20-16-10-2-1-3-11-17-21(18-12-6-4-7-13-18)19-14-8-5-9-15-19/h4-9,12-15H,1-3,10-11,17H2. The van der Waals surface area contributed by atoms with Gasteiger partial charge in [0, 0.05) is 6.42 Å². The summed E-state index contributed by atoms with van der Waals surface area (Å²) in [5.74, 6) is 0.